The molecule has 4 nitrogen and oxygen atoms in total. The van der Waals surface area contributed by atoms with E-state index >= 15 is 0 Å². The van der Waals surface area contributed by atoms with Crippen LogP contribution in [0, 0.1) is 0 Å². The Kier molecular flexibility index (Phi) is 2.23. The highest BCUT2D eigenvalue weighted by atomic mass is 19.4. The van der Waals surface area contributed by atoms with Crippen LogP contribution in [0.5, 0.6) is 0 Å². The first kappa shape index (κ1) is 9.60. The Morgan fingerprint density at radius 3 is 2.47 bits per heavy atom. The summed E-state index contributed by atoms with van der Waals surface area (Å²) in [4.78, 5) is 14.1. The van der Waals surface area contributed by atoms with Crippen molar-refractivity contribution in [3.05, 3.63) is 41.7 Å². The number of carboxylic acid groups (broad SMARTS) is 1. The van der Waals surface area contributed by atoms with Gasteiger partial charge in [-0.05, 0) is 12.1 Å². The lowest BCUT2D eigenvalue weighted by Crippen LogP contribution is -2.04. The fourth-order valence-electron chi connectivity index (χ4n) is 1.48. The number of rotatable bonds is 2. The summed E-state index contributed by atoms with van der Waals surface area (Å²) in [5.41, 5.74) is -1.34. The number of carboxylic acids is 1. The third-order valence-corrected chi connectivity index (χ3v) is 2.39. The molecular formula is C12H9F3N2O2. The van der Waals surface area contributed by atoms with Crippen LogP contribution in [0.1, 0.15) is 20.2 Å². The zero-order chi connectivity index (χ0) is 16.7. The number of imidazole rings is 1. The summed E-state index contributed by atoms with van der Waals surface area (Å²) >= 11 is 0. The van der Waals surface area contributed by atoms with Crippen molar-refractivity contribution in [2.75, 3.05) is 0 Å². The maximum Gasteiger partial charge on any atom is 0.434 e. The normalized spacial score (nSPS) is 14.6. The van der Waals surface area contributed by atoms with E-state index in [0.29, 0.717) is 10.8 Å². The number of aryl methyl sites for hydroxylation is 1. The van der Waals surface area contributed by atoms with Crippen molar-refractivity contribution < 1.29 is 27.2 Å². The van der Waals surface area contributed by atoms with Crippen molar-refractivity contribution in [2.24, 2.45) is 6.98 Å². The van der Waals surface area contributed by atoms with Crippen molar-refractivity contribution in [3.63, 3.8) is 0 Å². The number of nitrogens with zero attached hydrogens (tertiary/aromatic N) is 2. The van der Waals surface area contributed by atoms with Crippen LogP contribution in [-0.2, 0) is 13.2 Å². The molecule has 1 heterocycles. The molecule has 0 fully saturated rings. The summed E-state index contributed by atoms with van der Waals surface area (Å²) in [6.07, 6.45) is -4.38. The Balaban J connectivity index is 2.58. The summed E-state index contributed by atoms with van der Waals surface area (Å²) in [6.45, 7) is -2.85. The molecule has 100 valence electrons. The highest BCUT2D eigenvalue weighted by molar-refractivity contribution is 5.88. The van der Waals surface area contributed by atoms with Crippen molar-refractivity contribution in [3.8, 4) is 11.4 Å². The Hall–Kier alpha value is -2.31. The van der Waals surface area contributed by atoms with Gasteiger partial charge in [0.1, 0.15) is 5.82 Å². The molecule has 0 aliphatic carbocycles. The molecule has 0 spiro atoms. The molecule has 1 N–H and O–H groups in total. The standard InChI is InChI=1S/C12H9F3N2O2/c1-17-6-9(12(13,14)15)16-10(17)7-2-4-8(5-3-7)11(18)19/h2-6H,1H3,(H,18,19)/i1D3. The maximum atomic E-state index is 12.7. The largest absolute Gasteiger partial charge is 0.478 e. The first-order valence-electron chi connectivity index (χ1n) is 6.51. The third-order valence-electron chi connectivity index (χ3n) is 2.39. The quantitative estimate of drug-likeness (QED) is 0.915. The molecule has 0 saturated heterocycles. The Bertz CT molecular complexity index is 706. The molecule has 2 aromatic rings. The van der Waals surface area contributed by atoms with Gasteiger partial charge in [-0.2, -0.15) is 13.2 Å². The van der Waals surface area contributed by atoms with E-state index < -0.39 is 30.6 Å². The summed E-state index contributed by atoms with van der Waals surface area (Å²) in [6, 6.07) is 4.72. The molecule has 7 heteroatoms. The van der Waals surface area contributed by atoms with E-state index in [9.17, 15) is 18.0 Å². The number of hydrogen-bond acceptors (Lipinski definition) is 2. The van der Waals surface area contributed by atoms with Crippen LogP contribution in [0.15, 0.2) is 30.5 Å². The molecule has 2 rings (SSSR count). The fraction of sp³-hybridized carbons (Fsp3) is 0.167. The average Bonchev–Trinajstić information content (AvgIpc) is 2.83. The first-order valence-corrected chi connectivity index (χ1v) is 5.01. The van der Waals surface area contributed by atoms with Gasteiger partial charge in [0.15, 0.2) is 5.69 Å². The number of benzene rings is 1. The van der Waals surface area contributed by atoms with E-state index in [2.05, 4.69) is 4.98 Å². The molecule has 0 bridgehead atoms. The van der Waals surface area contributed by atoms with Gasteiger partial charge in [0, 0.05) is 22.8 Å². The van der Waals surface area contributed by atoms with E-state index in [4.69, 9.17) is 9.22 Å². The lowest BCUT2D eigenvalue weighted by atomic mass is 10.1. The van der Waals surface area contributed by atoms with Crippen LogP contribution in [0.4, 0.5) is 13.2 Å². The van der Waals surface area contributed by atoms with E-state index in [-0.39, 0.29) is 11.1 Å². The van der Waals surface area contributed by atoms with Gasteiger partial charge < -0.3 is 9.67 Å². The second-order valence-electron chi connectivity index (χ2n) is 3.70. The van der Waals surface area contributed by atoms with Crippen LogP contribution in [-0.4, -0.2) is 20.6 Å². The number of hydrogen-bond donors (Lipinski definition) is 1. The monoisotopic (exact) mass is 273 g/mol. The minimum Gasteiger partial charge on any atom is -0.478 e. The molecule has 0 aliphatic heterocycles. The summed E-state index contributed by atoms with van der Waals surface area (Å²) in [7, 11) is 0. The van der Waals surface area contributed by atoms with Gasteiger partial charge in [0.25, 0.3) is 0 Å². The zero-order valence-electron chi connectivity index (χ0n) is 12.3. The summed E-state index contributed by atoms with van der Waals surface area (Å²) < 4.78 is 60.4. The second-order valence-corrected chi connectivity index (χ2v) is 3.70. The molecular weight excluding hydrogens is 261 g/mol. The van der Waals surface area contributed by atoms with Crippen LogP contribution in [0.3, 0.4) is 0 Å². The van der Waals surface area contributed by atoms with Crippen LogP contribution in [0.2, 0.25) is 0 Å². The van der Waals surface area contributed by atoms with Crippen molar-refractivity contribution in [2.45, 2.75) is 6.18 Å². The van der Waals surface area contributed by atoms with Crippen LogP contribution in [0.25, 0.3) is 11.4 Å². The van der Waals surface area contributed by atoms with Gasteiger partial charge in [0.2, 0.25) is 0 Å². The Morgan fingerprint density at radius 1 is 1.37 bits per heavy atom. The number of aromatic carboxylic acids is 1. The molecule has 1 aromatic carbocycles. The minimum atomic E-state index is -4.79. The third kappa shape index (κ3) is 2.59. The van der Waals surface area contributed by atoms with Crippen LogP contribution >= 0.6 is 0 Å². The van der Waals surface area contributed by atoms with E-state index in [0.717, 1.165) is 12.1 Å². The highest BCUT2D eigenvalue weighted by Crippen LogP contribution is 2.30. The van der Waals surface area contributed by atoms with E-state index in [1.807, 2.05) is 0 Å². The van der Waals surface area contributed by atoms with Gasteiger partial charge >= 0.3 is 12.1 Å². The van der Waals surface area contributed by atoms with E-state index in [1.54, 1.807) is 0 Å². The number of aromatic nitrogens is 2. The number of alkyl halides is 3. The van der Waals surface area contributed by atoms with Crippen molar-refractivity contribution in [1.82, 2.24) is 9.55 Å². The summed E-state index contributed by atoms with van der Waals surface area (Å²) in [5, 5.41) is 8.78. The molecule has 0 saturated carbocycles. The smallest absolute Gasteiger partial charge is 0.434 e. The SMILES string of the molecule is [2H]C([2H])([2H])n1cc(C(F)(F)F)nc1-c1ccc(C(=O)O)cc1. The number of halogens is 3. The molecule has 0 radical (unpaired) electrons. The second kappa shape index (κ2) is 4.42. The Morgan fingerprint density at radius 2 is 2.00 bits per heavy atom. The number of carbonyl (C=O) groups is 1. The van der Waals surface area contributed by atoms with Gasteiger partial charge in [-0.15, -0.1) is 0 Å². The highest BCUT2D eigenvalue weighted by Gasteiger charge is 2.34. The summed E-state index contributed by atoms with van der Waals surface area (Å²) in [5.74, 6) is -1.62. The molecule has 19 heavy (non-hydrogen) atoms. The molecule has 1 aromatic heterocycles. The first-order chi connectivity index (χ1) is 10.00. The maximum absolute atomic E-state index is 12.7. The predicted octanol–water partition coefficient (Wildman–Crippen LogP) is 2.80. The van der Waals surface area contributed by atoms with Crippen molar-refractivity contribution >= 4 is 5.97 Å². The van der Waals surface area contributed by atoms with E-state index in [1.165, 1.54) is 12.1 Å². The van der Waals surface area contributed by atoms with Crippen molar-refractivity contribution in [1.29, 1.82) is 0 Å². The topological polar surface area (TPSA) is 55.1 Å². The zero-order valence-corrected chi connectivity index (χ0v) is 9.27. The molecule has 0 unspecified atom stereocenters. The lowest BCUT2D eigenvalue weighted by Gasteiger charge is -2.02. The molecule has 0 aliphatic rings. The predicted molar refractivity (Wildman–Crippen MR) is 60.6 cm³/mol. The minimum absolute atomic E-state index is 0.0663. The lowest BCUT2D eigenvalue weighted by molar-refractivity contribution is -0.140. The Labute approximate surface area is 110 Å². The fourth-order valence-corrected chi connectivity index (χ4v) is 1.48. The van der Waals surface area contributed by atoms with Gasteiger partial charge in [0.05, 0.1) is 5.56 Å². The molecule has 0 atom stereocenters. The van der Waals surface area contributed by atoms with Gasteiger partial charge in [-0.25, -0.2) is 9.78 Å². The average molecular weight is 273 g/mol. The molecule has 0 amide bonds. The van der Waals surface area contributed by atoms with Crippen LogP contribution < -0.4 is 0 Å². The van der Waals surface area contributed by atoms with Gasteiger partial charge in [-0.1, -0.05) is 12.1 Å². The van der Waals surface area contributed by atoms with Gasteiger partial charge in [-0.3, -0.25) is 0 Å².